The Morgan fingerprint density at radius 3 is 2.48 bits per heavy atom. The molecule has 1 aliphatic rings. The van der Waals surface area contributed by atoms with Crippen LogP contribution in [0, 0.1) is 6.92 Å². The lowest BCUT2D eigenvalue weighted by molar-refractivity contribution is -0.121. The Balaban J connectivity index is 2.30. The van der Waals surface area contributed by atoms with Gasteiger partial charge in [0.15, 0.2) is 0 Å². The number of rotatable bonds is 4. The first-order chi connectivity index (χ1) is 9.80. The van der Waals surface area contributed by atoms with E-state index >= 15 is 0 Å². The van der Waals surface area contributed by atoms with Crippen molar-refractivity contribution in [1.29, 1.82) is 0 Å². The van der Waals surface area contributed by atoms with Gasteiger partial charge in [-0.05, 0) is 44.5 Å². The highest BCUT2D eigenvalue weighted by Gasteiger charge is 2.37. The molecule has 0 aromatic heterocycles. The van der Waals surface area contributed by atoms with Crippen LogP contribution >= 0.6 is 0 Å². The van der Waals surface area contributed by atoms with E-state index in [4.69, 9.17) is 5.73 Å². The molecule has 1 aliphatic carbocycles. The molecule has 1 aromatic rings. The van der Waals surface area contributed by atoms with Gasteiger partial charge in [0.2, 0.25) is 15.9 Å². The van der Waals surface area contributed by atoms with Crippen molar-refractivity contribution < 1.29 is 13.2 Å². The van der Waals surface area contributed by atoms with E-state index < -0.39 is 15.6 Å². The van der Waals surface area contributed by atoms with Crippen molar-refractivity contribution in [3.8, 4) is 0 Å². The Kier molecular flexibility index (Phi) is 4.36. The molecule has 0 radical (unpaired) electrons. The highest BCUT2D eigenvalue weighted by Crippen LogP contribution is 2.30. The van der Waals surface area contributed by atoms with Crippen molar-refractivity contribution in [2.24, 2.45) is 5.73 Å². The third kappa shape index (κ3) is 3.09. The van der Waals surface area contributed by atoms with Crippen LogP contribution in [-0.4, -0.2) is 26.9 Å². The molecule has 7 heteroatoms. The molecule has 0 heterocycles. The summed E-state index contributed by atoms with van der Waals surface area (Å²) in [4.78, 5) is 12.5. The van der Waals surface area contributed by atoms with Crippen molar-refractivity contribution in [2.75, 3.05) is 12.4 Å². The molecule has 0 aliphatic heterocycles. The average molecular weight is 311 g/mol. The molecule has 0 atom stereocenters. The highest BCUT2D eigenvalue weighted by atomic mass is 32.2. The zero-order valence-electron chi connectivity index (χ0n) is 12.3. The van der Waals surface area contributed by atoms with Crippen LogP contribution in [0.3, 0.4) is 0 Å². The van der Waals surface area contributed by atoms with Crippen molar-refractivity contribution in [3.63, 3.8) is 0 Å². The molecule has 1 fully saturated rings. The summed E-state index contributed by atoms with van der Waals surface area (Å²) in [5.74, 6) is -0.248. The monoisotopic (exact) mass is 311 g/mol. The topological polar surface area (TPSA) is 101 Å². The Hall–Kier alpha value is -1.44. The van der Waals surface area contributed by atoms with Gasteiger partial charge in [0, 0.05) is 5.69 Å². The molecule has 1 aromatic carbocycles. The Morgan fingerprint density at radius 2 is 1.90 bits per heavy atom. The summed E-state index contributed by atoms with van der Waals surface area (Å²) >= 11 is 0. The number of nitrogens with one attached hydrogen (secondary N) is 2. The van der Waals surface area contributed by atoms with Gasteiger partial charge in [0.05, 0.1) is 10.4 Å². The third-order valence-electron chi connectivity index (χ3n) is 4.04. The van der Waals surface area contributed by atoms with Gasteiger partial charge >= 0.3 is 0 Å². The summed E-state index contributed by atoms with van der Waals surface area (Å²) in [5, 5.41) is 2.77. The number of carbonyl (C=O) groups excluding carboxylic acids is 1. The number of hydrogen-bond donors (Lipinski definition) is 3. The molecule has 0 unspecified atom stereocenters. The number of benzene rings is 1. The largest absolute Gasteiger partial charge is 0.324 e. The maximum atomic E-state index is 12.3. The van der Waals surface area contributed by atoms with E-state index in [2.05, 4.69) is 10.0 Å². The second kappa shape index (κ2) is 5.75. The van der Waals surface area contributed by atoms with Crippen LogP contribution in [-0.2, 0) is 14.8 Å². The lowest BCUT2D eigenvalue weighted by Crippen LogP contribution is -2.48. The highest BCUT2D eigenvalue weighted by molar-refractivity contribution is 7.89. The molecule has 4 N–H and O–H groups in total. The molecular formula is C14H21N3O3S. The first-order valence-corrected chi connectivity index (χ1v) is 8.42. The number of sulfonamides is 1. The van der Waals surface area contributed by atoms with Gasteiger partial charge < -0.3 is 11.1 Å². The van der Waals surface area contributed by atoms with Crippen LogP contribution in [0.2, 0.25) is 0 Å². The standard InChI is InChI=1S/C14H21N3O3S/c1-10-11(6-5-7-12(10)21(19,20)16-2)17-13(18)14(15)8-3-4-9-14/h5-7,16H,3-4,8-9,15H2,1-2H3,(H,17,18). The normalized spacial score (nSPS) is 17.7. The summed E-state index contributed by atoms with van der Waals surface area (Å²) < 4.78 is 26.1. The lowest BCUT2D eigenvalue weighted by atomic mass is 9.98. The summed E-state index contributed by atoms with van der Waals surface area (Å²) in [5.41, 5.74) is 6.25. The van der Waals surface area contributed by atoms with Gasteiger partial charge in [-0.3, -0.25) is 4.79 Å². The average Bonchev–Trinajstić information content (AvgIpc) is 2.89. The van der Waals surface area contributed by atoms with Gasteiger partial charge in [-0.15, -0.1) is 0 Å². The van der Waals surface area contributed by atoms with Crippen LogP contribution in [0.5, 0.6) is 0 Å². The molecule has 6 nitrogen and oxygen atoms in total. The predicted molar refractivity (Wildman–Crippen MR) is 81.4 cm³/mol. The number of nitrogens with two attached hydrogens (primary N) is 1. The zero-order chi connectivity index (χ0) is 15.7. The maximum Gasteiger partial charge on any atom is 0.244 e. The predicted octanol–water partition coefficient (Wildman–Crippen LogP) is 1.11. The second-order valence-electron chi connectivity index (χ2n) is 5.45. The Labute approximate surface area is 125 Å². The number of carbonyl (C=O) groups is 1. The van der Waals surface area contributed by atoms with Crippen molar-refractivity contribution in [1.82, 2.24) is 4.72 Å². The van der Waals surface area contributed by atoms with E-state index in [0.29, 0.717) is 24.1 Å². The molecule has 1 amide bonds. The fourth-order valence-corrected chi connectivity index (χ4v) is 3.62. The first kappa shape index (κ1) is 15.9. The minimum absolute atomic E-state index is 0.153. The van der Waals surface area contributed by atoms with E-state index in [-0.39, 0.29) is 10.8 Å². The molecule has 116 valence electrons. The minimum Gasteiger partial charge on any atom is -0.324 e. The molecular weight excluding hydrogens is 290 g/mol. The van der Waals surface area contributed by atoms with Crippen molar-refractivity contribution in [2.45, 2.75) is 43.0 Å². The fraction of sp³-hybridized carbons (Fsp3) is 0.500. The summed E-state index contributed by atoms with van der Waals surface area (Å²) in [6, 6.07) is 4.79. The first-order valence-electron chi connectivity index (χ1n) is 6.94. The molecule has 0 spiro atoms. The summed E-state index contributed by atoms with van der Waals surface area (Å²) in [7, 11) is -2.20. The van der Waals surface area contributed by atoms with Gasteiger partial charge in [-0.25, -0.2) is 13.1 Å². The minimum atomic E-state index is -3.55. The van der Waals surface area contributed by atoms with Crippen LogP contribution < -0.4 is 15.8 Å². The maximum absolute atomic E-state index is 12.3. The number of amides is 1. The van der Waals surface area contributed by atoms with Gasteiger partial charge in [0.1, 0.15) is 0 Å². The number of anilines is 1. The van der Waals surface area contributed by atoms with Crippen LogP contribution in [0.4, 0.5) is 5.69 Å². The van der Waals surface area contributed by atoms with Crippen LogP contribution in [0.25, 0.3) is 0 Å². The Bertz CT molecular complexity index is 649. The summed E-state index contributed by atoms with van der Waals surface area (Å²) in [6.07, 6.45) is 3.20. The molecule has 0 bridgehead atoms. The van der Waals surface area contributed by atoms with Crippen LogP contribution in [0.15, 0.2) is 23.1 Å². The fourth-order valence-electron chi connectivity index (χ4n) is 2.63. The van der Waals surface area contributed by atoms with E-state index in [0.717, 1.165) is 12.8 Å². The second-order valence-corrected chi connectivity index (χ2v) is 7.31. The molecule has 0 saturated heterocycles. The van der Waals surface area contributed by atoms with Crippen LogP contribution in [0.1, 0.15) is 31.2 Å². The van der Waals surface area contributed by atoms with E-state index in [9.17, 15) is 13.2 Å². The molecule has 21 heavy (non-hydrogen) atoms. The summed E-state index contributed by atoms with van der Waals surface area (Å²) in [6.45, 7) is 1.66. The quantitative estimate of drug-likeness (QED) is 0.775. The zero-order valence-corrected chi connectivity index (χ0v) is 13.1. The van der Waals surface area contributed by atoms with Gasteiger partial charge in [-0.2, -0.15) is 0 Å². The van der Waals surface area contributed by atoms with Gasteiger partial charge in [-0.1, -0.05) is 18.9 Å². The smallest absolute Gasteiger partial charge is 0.244 e. The van der Waals surface area contributed by atoms with Crippen molar-refractivity contribution in [3.05, 3.63) is 23.8 Å². The SMILES string of the molecule is CNS(=O)(=O)c1cccc(NC(=O)C2(N)CCCC2)c1C. The Morgan fingerprint density at radius 1 is 1.29 bits per heavy atom. The van der Waals surface area contributed by atoms with E-state index in [1.807, 2.05) is 0 Å². The number of hydrogen-bond acceptors (Lipinski definition) is 4. The molecule has 1 saturated carbocycles. The molecule has 2 rings (SSSR count). The third-order valence-corrected chi connectivity index (χ3v) is 5.60. The lowest BCUT2D eigenvalue weighted by Gasteiger charge is -2.23. The van der Waals surface area contributed by atoms with E-state index in [1.54, 1.807) is 19.1 Å². The van der Waals surface area contributed by atoms with E-state index in [1.165, 1.54) is 13.1 Å². The van der Waals surface area contributed by atoms with Gasteiger partial charge in [0.25, 0.3) is 0 Å². The van der Waals surface area contributed by atoms with Crippen molar-refractivity contribution >= 4 is 21.6 Å².